The van der Waals surface area contributed by atoms with E-state index in [-0.39, 0.29) is 0 Å². The first-order valence-electron chi connectivity index (χ1n) is 19.1. The highest BCUT2D eigenvalue weighted by Gasteiger charge is 2.27. The molecule has 1 aliphatic carbocycles. The minimum absolute atomic E-state index is 0.644. The van der Waals surface area contributed by atoms with E-state index < -0.39 is 0 Å². The summed E-state index contributed by atoms with van der Waals surface area (Å²) in [5, 5.41) is 3.43. The summed E-state index contributed by atoms with van der Waals surface area (Å²) in [5.74, 6) is 2.88. The monoisotopic (exact) mass is 718 g/mol. The lowest BCUT2D eigenvalue weighted by Crippen LogP contribution is -2.06. The van der Waals surface area contributed by atoms with Crippen LogP contribution in [0.3, 0.4) is 0 Å². The molecule has 0 spiro atoms. The van der Waals surface area contributed by atoms with Gasteiger partial charge >= 0.3 is 0 Å². The molecule has 0 unspecified atom stereocenters. The van der Waals surface area contributed by atoms with Crippen molar-refractivity contribution in [3.8, 4) is 50.7 Å². The summed E-state index contributed by atoms with van der Waals surface area (Å²) < 4.78 is 9.35. The maximum Gasteiger partial charge on any atom is 0.164 e. The van der Waals surface area contributed by atoms with Gasteiger partial charge in [-0.2, -0.15) is 0 Å². The van der Waals surface area contributed by atoms with Crippen molar-refractivity contribution < 1.29 is 4.42 Å². The van der Waals surface area contributed by atoms with E-state index in [2.05, 4.69) is 126 Å². The van der Waals surface area contributed by atoms with E-state index in [0.29, 0.717) is 17.5 Å². The van der Waals surface area contributed by atoms with Gasteiger partial charge in [-0.05, 0) is 59.0 Å². The molecule has 0 saturated heterocycles. The highest BCUT2D eigenvalue weighted by molar-refractivity contribution is 6.13. The summed E-state index contributed by atoms with van der Waals surface area (Å²) in [6.07, 6.45) is 3.88. The van der Waals surface area contributed by atoms with E-state index in [1.165, 1.54) is 33.0 Å². The second-order valence-electron chi connectivity index (χ2n) is 14.3. The summed E-state index contributed by atoms with van der Waals surface area (Å²) >= 11 is 0. The molecule has 0 radical (unpaired) electrons. The van der Waals surface area contributed by atoms with Gasteiger partial charge in [0, 0.05) is 44.8 Å². The van der Waals surface area contributed by atoms with Crippen molar-refractivity contribution >= 4 is 38.3 Å². The third kappa shape index (κ3) is 5.36. The van der Waals surface area contributed by atoms with Gasteiger partial charge in [0.25, 0.3) is 0 Å². The average Bonchev–Trinajstić information content (AvgIpc) is 3.83. The molecule has 3 heterocycles. The van der Waals surface area contributed by atoms with Gasteiger partial charge in [0.2, 0.25) is 0 Å². The van der Waals surface area contributed by atoms with Crippen LogP contribution in [0.25, 0.3) is 89.1 Å². The van der Waals surface area contributed by atoms with Gasteiger partial charge in [-0.1, -0.05) is 152 Å². The van der Waals surface area contributed by atoms with Crippen LogP contribution >= 0.6 is 0 Å². The summed E-state index contributed by atoms with van der Waals surface area (Å²) in [6, 6.07) is 61.6. The fourth-order valence-corrected chi connectivity index (χ4v) is 8.29. The first-order valence-corrected chi connectivity index (χ1v) is 19.1. The minimum Gasteiger partial charge on any atom is -0.458 e. The van der Waals surface area contributed by atoms with Crippen molar-refractivity contribution in [2.24, 2.45) is 0 Å². The van der Waals surface area contributed by atoms with Crippen LogP contribution < -0.4 is 0 Å². The molecule has 0 fully saturated rings. The SMILES string of the molecule is C1=C(c2nc(-c3ccccc3)nc(-c3ccccc3)n2)c2c(oc3c(-n4c5ccc(-c6ccccc6)cc5c5cc(-c6ccccc6)ccc54)cccc23)CC1. The maximum absolute atomic E-state index is 6.98. The molecule has 0 bridgehead atoms. The highest BCUT2D eigenvalue weighted by Crippen LogP contribution is 2.43. The third-order valence-corrected chi connectivity index (χ3v) is 10.9. The van der Waals surface area contributed by atoms with Crippen molar-refractivity contribution in [2.45, 2.75) is 12.8 Å². The van der Waals surface area contributed by atoms with Crippen LogP contribution in [-0.4, -0.2) is 19.5 Å². The smallest absolute Gasteiger partial charge is 0.164 e. The third-order valence-electron chi connectivity index (χ3n) is 10.9. The van der Waals surface area contributed by atoms with Crippen LogP contribution in [0.2, 0.25) is 0 Å². The normalized spacial score (nSPS) is 12.6. The second kappa shape index (κ2) is 13.2. The standard InChI is InChI=1S/C51H34N4O/c1-5-15-33(16-6-1)37-27-29-43-41(31-37)42-32-38(34-17-7-2-8-18-34)28-30-44(42)55(43)45-25-13-23-39-47-40(24-14-26-46(47)56-48(39)45)51-53-49(35-19-9-3-10-20-35)52-50(54-51)36-21-11-4-12-22-36/h1-13,15-25,27-32H,14,26H2. The first kappa shape index (κ1) is 32.1. The number of nitrogens with zero attached hydrogens (tertiary/aromatic N) is 4. The topological polar surface area (TPSA) is 56.7 Å². The predicted octanol–water partition coefficient (Wildman–Crippen LogP) is 12.8. The summed E-state index contributed by atoms with van der Waals surface area (Å²) in [5.41, 5.74) is 12.8. The summed E-state index contributed by atoms with van der Waals surface area (Å²) in [7, 11) is 0. The highest BCUT2D eigenvalue weighted by atomic mass is 16.3. The molecule has 0 saturated carbocycles. The number of fused-ring (bicyclic) bond motifs is 6. The Labute approximate surface area is 323 Å². The molecule has 56 heavy (non-hydrogen) atoms. The van der Waals surface area contributed by atoms with E-state index in [0.717, 1.165) is 68.6 Å². The van der Waals surface area contributed by atoms with Crippen molar-refractivity contribution in [2.75, 3.05) is 0 Å². The molecule has 5 nitrogen and oxygen atoms in total. The molecule has 5 heteroatoms. The lowest BCUT2D eigenvalue weighted by atomic mass is 9.93. The zero-order valence-corrected chi connectivity index (χ0v) is 30.4. The largest absolute Gasteiger partial charge is 0.458 e. The molecule has 0 amide bonds. The fourth-order valence-electron chi connectivity index (χ4n) is 8.29. The van der Waals surface area contributed by atoms with E-state index in [9.17, 15) is 0 Å². The molecule has 0 atom stereocenters. The molecular weight excluding hydrogens is 685 g/mol. The number of hydrogen-bond acceptors (Lipinski definition) is 4. The van der Waals surface area contributed by atoms with Crippen LogP contribution in [0.1, 0.15) is 23.6 Å². The van der Waals surface area contributed by atoms with Crippen LogP contribution in [0.4, 0.5) is 0 Å². The Morgan fingerprint density at radius 2 is 0.929 bits per heavy atom. The van der Waals surface area contributed by atoms with Crippen molar-refractivity contribution in [3.63, 3.8) is 0 Å². The number of aryl methyl sites for hydroxylation is 1. The Bertz CT molecular complexity index is 2950. The van der Waals surface area contributed by atoms with E-state index in [1.54, 1.807) is 0 Å². The predicted molar refractivity (Wildman–Crippen MR) is 228 cm³/mol. The Morgan fingerprint density at radius 1 is 0.429 bits per heavy atom. The zero-order valence-electron chi connectivity index (χ0n) is 30.4. The molecule has 0 aliphatic heterocycles. The van der Waals surface area contributed by atoms with Gasteiger partial charge in [-0.25, -0.2) is 15.0 Å². The Morgan fingerprint density at radius 3 is 1.46 bits per heavy atom. The van der Waals surface area contributed by atoms with Crippen molar-refractivity contribution in [1.82, 2.24) is 19.5 Å². The Balaban J connectivity index is 1.12. The molecule has 3 aromatic heterocycles. The lowest BCUT2D eigenvalue weighted by Gasteiger charge is -2.14. The summed E-state index contributed by atoms with van der Waals surface area (Å²) in [4.78, 5) is 15.2. The van der Waals surface area contributed by atoms with Crippen molar-refractivity contribution in [1.29, 1.82) is 0 Å². The molecule has 11 rings (SSSR count). The number of rotatable bonds is 6. The maximum atomic E-state index is 6.98. The number of aromatic nitrogens is 4. The average molecular weight is 719 g/mol. The first-order chi connectivity index (χ1) is 27.8. The van der Waals surface area contributed by atoms with Gasteiger partial charge in [-0.15, -0.1) is 0 Å². The molecular formula is C51H34N4O. The minimum atomic E-state index is 0.644. The number of allylic oxidation sites excluding steroid dienone is 1. The zero-order chi connectivity index (χ0) is 37.0. The quantitative estimate of drug-likeness (QED) is 0.172. The molecule has 1 aliphatic rings. The van der Waals surface area contributed by atoms with Crippen LogP contribution in [0, 0.1) is 0 Å². The van der Waals surface area contributed by atoms with E-state index >= 15 is 0 Å². The number of benzene rings is 7. The fraction of sp³-hybridized carbons (Fsp3) is 0.0392. The van der Waals surface area contributed by atoms with Gasteiger partial charge in [0.1, 0.15) is 5.76 Å². The van der Waals surface area contributed by atoms with E-state index in [4.69, 9.17) is 19.4 Å². The molecule has 7 aromatic carbocycles. The second-order valence-corrected chi connectivity index (χ2v) is 14.3. The Kier molecular flexibility index (Phi) is 7.56. The van der Waals surface area contributed by atoms with Gasteiger partial charge in [0.15, 0.2) is 23.1 Å². The van der Waals surface area contributed by atoms with Crippen LogP contribution in [-0.2, 0) is 6.42 Å². The van der Waals surface area contributed by atoms with Crippen LogP contribution in [0.5, 0.6) is 0 Å². The van der Waals surface area contributed by atoms with Crippen molar-refractivity contribution in [3.05, 3.63) is 199 Å². The molecule has 10 aromatic rings. The number of furan rings is 1. The van der Waals surface area contributed by atoms with E-state index in [1.807, 2.05) is 60.7 Å². The van der Waals surface area contributed by atoms with Gasteiger partial charge in [-0.3, -0.25) is 0 Å². The lowest BCUT2D eigenvalue weighted by molar-refractivity contribution is 0.544. The molecule has 264 valence electrons. The summed E-state index contributed by atoms with van der Waals surface area (Å²) in [6.45, 7) is 0. The number of hydrogen-bond donors (Lipinski definition) is 0. The van der Waals surface area contributed by atoms with Crippen LogP contribution in [0.15, 0.2) is 186 Å². The number of para-hydroxylation sites is 1. The Hall–Kier alpha value is -7.37. The molecule has 0 N–H and O–H groups in total. The van der Waals surface area contributed by atoms with Gasteiger partial charge in [0.05, 0.1) is 16.7 Å². The van der Waals surface area contributed by atoms with Gasteiger partial charge < -0.3 is 8.98 Å².